The van der Waals surface area contributed by atoms with Crippen molar-refractivity contribution in [2.75, 3.05) is 20.2 Å². The molecule has 4 heterocycles. The van der Waals surface area contributed by atoms with Gasteiger partial charge in [-0.05, 0) is 37.5 Å². The van der Waals surface area contributed by atoms with Crippen molar-refractivity contribution in [1.82, 2.24) is 19.8 Å². The largest absolute Gasteiger partial charge is 0.438 e. The SMILES string of the molecule is CO[C@H]1C(=O)N(C2CCN(C(=O)c3ocnc3C)CC2)[C@H]1c1ccncc1. The summed E-state index contributed by atoms with van der Waals surface area (Å²) in [6.45, 7) is 2.91. The van der Waals surface area contributed by atoms with E-state index in [2.05, 4.69) is 9.97 Å². The third-order valence-electron chi connectivity index (χ3n) is 5.47. The molecule has 2 aromatic rings. The second kappa shape index (κ2) is 7.11. The number of β-lactam (4-membered cyclic amide) rings is 1. The van der Waals surface area contributed by atoms with Gasteiger partial charge in [-0.2, -0.15) is 0 Å². The Hall–Kier alpha value is -2.74. The van der Waals surface area contributed by atoms with Crippen LogP contribution in [0.25, 0.3) is 0 Å². The zero-order valence-corrected chi connectivity index (χ0v) is 15.4. The van der Waals surface area contributed by atoms with Gasteiger partial charge in [0.2, 0.25) is 5.76 Å². The standard InChI is InChI=1S/C19H22N4O4/c1-12-16(27-11-21-12)18(24)22-9-5-14(6-10-22)23-15(17(26-2)19(23)25)13-3-7-20-8-4-13/h3-4,7-8,11,14-15,17H,5-6,9-10H2,1-2H3/t15-,17+/m0/s1. The van der Waals surface area contributed by atoms with E-state index in [0.717, 1.165) is 18.4 Å². The second-order valence-electron chi connectivity index (χ2n) is 6.92. The van der Waals surface area contributed by atoms with Crippen molar-refractivity contribution in [3.63, 3.8) is 0 Å². The number of aromatic nitrogens is 2. The molecule has 27 heavy (non-hydrogen) atoms. The quantitative estimate of drug-likeness (QED) is 0.759. The minimum Gasteiger partial charge on any atom is -0.438 e. The van der Waals surface area contributed by atoms with Crippen LogP contribution in [-0.4, -0.2) is 63.9 Å². The summed E-state index contributed by atoms with van der Waals surface area (Å²) < 4.78 is 10.6. The molecule has 2 fully saturated rings. The Labute approximate surface area is 157 Å². The first-order chi connectivity index (χ1) is 13.1. The summed E-state index contributed by atoms with van der Waals surface area (Å²) >= 11 is 0. The maximum absolute atomic E-state index is 12.6. The summed E-state index contributed by atoms with van der Waals surface area (Å²) in [7, 11) is 1.56. The van der Waals surface area contributed by atoms with Crippen LogP contribution >= 0.6 is 0 Å². The lowest BCUT2D eigenvalue weighted by Crippen LogP contribution is -2.64. The first-order valence-electron chi connectivity index (χ1n) is 9.06. The van der Waals surface area contributed by atoms with E-state index >= 15 is 0 Å². The number of amides is 2. The minimum absolute atomic E-state index is 0.00941. The molecule has 0 unspecified atom stereocenters. The lowest BCUT2D eigenvalue weighted by molar-refractivity contribution is -0.178. The molecule has 4 rings (SSSR count). The third kappa shape index (κ3) is 2.99. The minimum atomic E-state index is -0.455. The van der Waals surface area contributed by atoms with Gasteiger partial charge in [-0.3, -0.25) is 14.6 Å². The molecule has 2 aliphatic rings. The number of hydrogen-bond donors (Lipinski definition) is 0. The van der Waals surface area contributed by atoms with Gasteiger partial charge in [0, 0.05) is 38.6 Å². The zero-order chi connectivity index (χ0) is 19.0. The van der Waals surface area contributed by atoms with E-state index in [-0.39, 0.29) is 23.9 Å². The summed E-state index contributed by atoms with van der Waals surface area (Å²) in [5.41, 5.74) is 1.62. The zero-order valence-electron chi connectivity index (χ0n) is 15.4. The van der Waals surface area contributed by atoms with E-state index in [9.17, 15) is 9.59 Å². The van der Waals surface area contributed by atoms with Gasteiger partial charge in [-0.15, -0.1) is 0 Å². The van der Waals surface area contributed by atoms with Crippen LogP contribution in [0.3, 0.4) is 0 Å². The normalized spacial score (nSPS) is 23.4. The Morgan fingerprint density at radius 3 is 2.56 bits per heavy atom. The second-order valence-corrected chi connectivity index (χ2v) is 6.92. The molecule has 0 spiro atoms. The number of hydrogen-bond acceptors (Lipinski definition) is 6. The van der Waals surface area contributed by atoms with Crippen LogP contribution in [0.4, 0.5) is 0 Å². The van der Waals surface area contributed by atoms with Gasteiger partial charge < -0.3 is 19.0 Å². The number of likely N-dealkylation sites (tertiary alicyclic amines) is 2. The third-order valence-corrected chi connectivity index (χ3v) is 5.47. The van der Waals surface area contributed by atoms with Crippen LogP contribution in [-0.2, 0) is 9.53 Å². The number of carbonyl (C=O) groups is 2. The van der Waals surface area contributed by atoms with Crippen LogP contribution in [0.2, 0.25) is 0 Å². The Balaban J connectivity index is 1.45. The van der Waals surface area contributed by atoms with Crippen molar-refractivity contribution in [3.05, 3.63) is 47.9 Å². The molecule has 2 aliphatic heterocycles. The molecule has 8 nitrogen and oxygen atoms in total. The molecule has 2 atom stereocenters. The highest BCUT2D eigenvalue weighted by molar-refractivity contribution is 5.92. The van der Waals surface area contributed by atoms with E-state index in [1.54, 1.807) is 31.3 Å². The molecule has 8 heteroatoms. The van der Waals surface area contributed by atoms with Crippen molar-refractivity contribution in [2.24, 2.45) is 0 Å². The number of methoxy groups -OCH3 is 1. The van der Waals surface area contributed by atoms with Gasteiger partial charge in [0.05, 0.1) is 11.7 Å². The molecule has 0 N–H and O–H groups in total. The predicted molar refractivity (Wildman–Crippen MR) is 94.8 cm³/mol. The Bertz CT molecular complexity index is 829. The van der Waals surface area contributed by atoms with Crippen molar-refractivity contribution in [2.45, 2.75) is 38.0 Å². The average molecular weight is 370 g/mol. The highest BCUT2D eigenvalue weighted by atomic mass is 16.5. The summed E-state index contributed by atoms with van der Waals surface area (Å²) in [4.78, 5) is 36.9. The maximum Gasteiger partial charge on any atom is 0.291 e. The van der Waals surface area contributed by atoms with Gasteiger partial charge in [0.1, 0.15) is 0 Å². The Morgan fingerprint density at radius 1 is 1.26 bits per heavy atom. The number of rotatable bonds is 4. The predicted octanol–water partition coefficient (Wildman–Crippen LogP) is 1.58. The molecule has 142 valence electrons. The van der Waals surface area contributed by atoms with Gasteiger partial charge in [-0.25, -0.2) is 4.98 Å². The smallest absolute Gasteiger partial charge is 0.291 e. The number of aryl methyl sites for hydroxylation is 1. The van der Waals surface area contributed by atoms with Crippen LogP contribution in [0.1, 0.15) is 40.7 Å². The Kier molecular flexibility index (Phi) is 4.65. The highest BCUT2D eigenvalue weighted by Gasteiger charge is 2.51. The number of piperidine rings is 1. The average Bonchev–Trinajstić information content (AvgIpc) is 3.13. The number of oxazole rings is 1. The van der Waals surface area contributed by atoms with Crippen LogP contribution in [0.15, 0.2) is 35.3 Å². The fourth-order valence-electron chi connectivity index (χ4n) is 4.01. The number of nitrogens with zero attached hydrogens (tertiary/aromatic N) is 4. The maximum atomic E-state index is 12.6. The summed E-state index contributed by atoms with van der Waals surface area (Å²) in [6.07, 6.45) is 5.74. The summed E-state index contributed by atoms with van der Waals surface area (Å²) in [5, 5.41) is 0. The van der Waals surface area contributed by atoms with Crippen LogP contribution < -0.4 is 0 Å². The molecule has 0 bridgehead atoms. The molecule has 0 aromatic carbocycles. The fraction of sp³-hybridized carbons (Fsp3) is 0.474. The number of carbonyl (C=O) groups excluding carboxylic acids is 2. The first-order valence-corrected chi connectivity index (χ1v) is 9.06. The molecule has 0 saturated carbocycles. The monoisotopic (exact) mass is 370 g/mol. The molecular weight excluding hydrogens is 348 g/mol. The van der Waals surface area contributed by atoms with Gasteiger partial charge in [0.25, 0.3) is 11.8 Å². The van der Waals surface area contributed by atoms with Gasteiger partial charge >= 0.3 is 0 Å². The molecule has 2 amide bonds. The van der Waals surface area contributed by atoms with Crippen molar-refractivity contribution < 1.29 is 18.7 Å². The Morgan fingerprint density at radius 2 is 1.96 bits per heavy atom. The molecule has 2 saturated heterocycles. The summed E-state index contributed by atoms with van der Waals surface area (Å²) in [5.74, 6) is 0.164. The molecule has 2 aromatic heterocycles. The molecule has 0 aliphatic carbocycles. The van der Waals surface area contributed by atoms with E-state index in [0.29, 0.717) is 24.5 Å². The lowest BCUT2D eigenvalue weighted by Gasteiger charge is -2.52. The fourth-order valence-corrected chi connectivity index (χ4v) is 4.01. The van der Waals surface area contributed by atoms with Gasteiger partial charge in [0.15, 0.2) is 12.5 Å². The van der Waals surface area contributed by atoms with Crippen molar-refractivity contribution >= 4 is 11.8 Å². The van der Waals surface area contributed by atoms with E-state index in [4.69, 9.17) is 9.15 Å². The lowest BCUT2D eigenvalue weighted by atomic mass is 9.86. The highest BCUT2D eigenvalue weighted by Crippen LogP contribution is 2.40. The van der Waals surface area contributed by atoms with Crippen LogP contribution in [0, 0.1) is 6.92 Å². The summed E-state index contributed by atoms with van der Waals surface area (Å²) in [6, 6.07) is 3.82. The van der Waals surface area contributed by atoms with Crippen molar-refractivity contribution in [3.8, 4) is 0 Å². The topological polar surface area (TPSA) is 88.8 Å². The van der Waals surface area contributed by atoms with Crippen molar-refractivity contribution in [1.29, 1.82) is 0 Å². The van der Waals surface area contributed by atoms with E-state index in [1.807, 2.05) is 17.0 Å². The van der Waals surface area contributed by atoms with Crippen LogP contribution in [0.5, 0.6) is 0 Å². The number of pyridine rings is 1. The molecule has 0 radical (unpaired) electrons. The van der Waals surface area contributed by atoms with E-state index in [1.165, 1.54) is 6.39 Å². The molecular formula is C19H22N4O4. The first kappa shape index (κ1) is 17.7. The van der Waals surface area contributed by atoms with E-state index < -0.39 is 6.10 Å². The van der Waals surface area contributed by atoms with Gasteiger partial charge in [-0.1, -0.05) is 0 Å². The number of ether oxygens (including phenoxy) is 1.